The van der Waals surface area contributed by atoms with Gasteiger partial charge in [-0.3, -0.25) is 4.90 Å². The normalized spacial score (nSPS) is 12.1. The van der Waals surface area contributed by atoms with Gasteiger partial charge in [0, 0.05) is 6.54 Å². The van der Waals surface area contributed by atoms with Crippen LogP contribution in [0.4, 0.5) is 0 Å². The van der Waals surface area contributed by atoms with Crippen LogP contribution in [0.15, 0.2) is 60.7 Å². The number of nitrogens with zero attached hydrogens (tertiary/aromatic N) is 1. The minimum Gasteiger partial charge on any atom is -0.453 e. The lowest BCUT2D eigenvalue weighted by Crippen LogP contribution is -2.32. The van der Waals surface area contributed by atoms with Gasteiger partial charge in [-0.05, 0) is 43.6 Å². The van der Waals surface area contributed by atoms with Crippen molar-refractivity contribution in [3.8, 4) is 0 Å². The van der Waals surface area contributed by atoms with E-state index in [1.807, 2.05) is 48.5 Å². The van der Waals surface area contributed by atoms with Crippen LogP contribution in [0.1, 0.15) is 48.7 Å². The van der Waals surface area contributed by atoms with Crippen LogP contribution in [0.3, 0.4) is 0 Å². The summed E-state index contributed by atoms with van der Waals surface area (Å²) in [5.74, 6) is -0.266. The molecule has 3 nitrogen and oxygen atoms in total. The molecule has 0 aliphatic heterocycles. The topological polar surface area (TPSA) is 29.5 Å². The van der Waals surface area contributed by atoms with Crippen LogP contribution < -0.4 is 0 Å². The molecule has 0 heterocycles. The van der Waals surface area contributed by atoms with Crippen molar-refractivity contribution in [2.45, 2.75) is 32.8 Å². The summed E-state index contributed by atoms with van der Waals surface area (Å²) in [4.78, 5) is 14.9. The summed E-state index contributed by atoms with van der Waals surface area (Å²) in [6.07, 6.45) is 1.93. The highest BCUT2D eigenvalue weighted by Crippen LogP contribution is 2.21. The number of benzene rings is 2. The lowest BCUT2D eigenvalue weighted by atomic mass is 10.1. The van der Waals surface area contributed by atoms with E-state index in [0.717, 1.165) is 38.0 Å². The Hall–Kier alpha value is -2.13. The fourth-order valence-corrected chi connectivity index (χ4v) is 2.81. The summed E-state index contributed by atoms with van der Waals surface area (Å²) in [5, 5.41) is 0. The Kier molecular flexibility index (Phi) is 7.50. The first-order chi connectivity index (χ1) is 11.7. The maximum Gasteiger partial charge on any atom is 0.338 e. The quantitative estimate of drug-likeness (QED) is 0.626. The predicted octanol–water partition coefficient (Wildman–Crippen LogP) is 4.71. The van der Waals surface area contributed by atoms with Crippen molar-refractivity contribution < 1.29 is 9.53 Å². The van der Waals surface area contributed by atoms with Gasteiger partial charge in [-0.2, -0.15) is 0 Å². The van der Waals surface area contributed by atoms with E-state index in [1.54, 1.807) is 12.1 Å². The van der Waals surface area contributed by atoms with E-state index in [-0.39, 0.29) is 12.1 Å². The minimum absolute atomic E-state index is 0.253. The van der Waals surface area contributed by atoms with Crippen molar-refractivity contribution in [3.63, 3.8) is 0 Å². The van der Waals surface area contributed by atoms with E-state index < -0.39 is 0 Å². The third kappa shape index (κ3) is 5.50. The van der Waals surface area contributed by atoms with Crippen molar-refractivity contribution >= 4 is 5.97 Å². The number of hydrogen-bond donors (Lipinski definition) is 0. The smallest absolute Gasteiger partial charge is 0.338 e. The van der Waals surface area contributed by atoms with Crippen LogP contribution in [-0.4, -0.2) is 30.5 Å². The molecule has 0 aromatic heterocycles. The summed E-state index contributed by atoms with van der Waals surface area (Å²) in [6.45, 7) is 7.11. The first-order valence-electron chi connectivity index (χ1n) is 8.78. The lowest BCUT2D eigenvalue weighted by molar-refractivity contribution is 0.0195. The molecule has 2 rings (SSSR count). The van der Waals surface area contributed by atoms with Gasteiger partial charge in [0.05, 0.1) is 5.56 Å². The first-order valence-corrected chi connectivity index (χ1v) is 8.78. The number of carbonyl (C=O) groups is 1. The van der Waals surface area contributed by atoms with Gasteiger partial charge in [0.15, 0.2) is 0 Å². The molecule has 1 unspecified atom stereocenters. The molecular formula is C21H27NO2. The van der Waals surface area contributed by atoms with Crippen molar-refractivity contribution in [3.05, 3.63) is 71.8 Å². The molecule has 0 fully saturated rings. The van der Waals surface area contributed by atoms with Gasteiger partial charge in [-0.15, -0.1) is 0 Å². The third-order valence-corrected chi connectivity index (χ3v) is 3.93. The van der Waals surface area contributed by atoms with Crippen molar-refractivity contribution in [2.24, 2.45) is 0 Å². The lowest BCUT2D eigenvalue weighted by Gasteiger charge is -2.27. The molecule has 0 bridgehead atoms. The Bertz CT molecular complexity index is 592. The fraction of sp³-hybridized carbons (Fsp3) is 0.381. The molecule has 0 N–H and O–H groups in total. The largest absolute Gasteiger partial charge is 0.453 e. The van der Waals surface area contributed by atoms with Gasteiger partial charge in [-0.1, -0.05) is 62.4 Å². The second-order valence-electron chi connectivity index (χ2n) is 5.97. The number of rotatable bonds is 9. The zero-order valence-electron chi connectivity index (χ0n) is 14.7. The van der Waals surface area contributed by atoms with Gasteiger partial charge in [0.2, 0.25) is 0 Å². The predicted molar refractivity (Wildman–Crippen MR) is 98.1 cm³/mol. The highest BCUT2D eigenvalue weighted by molar-refractivity contribution is 5.89. The number of hydrogen-bond acceptors (Lipinski definition) is 3. The van der Waals surface area contributed by atoms with Crippen LogP contribution in [0, 0.1) is 0 Å². The maximum absolute atomic E-state index is 12.5. The Labute approximate surface area is 145 Å². The average molecular weight is 325 g/mol. The standard InChI is InChI=1S/C21H27NO2/c1-3-15-22(16-4-2)17-20(18-11-7-5-8-12-18)24-21(23)19-13-9-6-10-14-19/h5-14,20H,3-4,15-17H2,1-2H3. The number of carbonyl (C=O) groups excluding carboxylic acids is 1. The van der Waals surface area contributed by atoms with Crippen LogP contribution in [-0.2, 0) is 4.74 Å². The molecule has 128 valence electrons. The van der Waals surface area contributed by atoms with Crippen LogP contribution >= 0.6 is 0 Å². The van der Waals surface area contributed by atoms with Crippen LogP contribution in [0.5, 0.6) is 0 Å². The zero-order chi connectivity index (χ0) is 17.2. The van der Waals surface area contributed by atoms with E-state index in [1.165, 1.54) is 0 Å². The second kappa shape index (κ2) is 9.89. The molecule has 0 spiro atoms. The second-order valence-corrected chi connectivity index (χ2v) is 5.97. The summed E-state index contributed by atoms with van der Waals surface area (Å²) >= 11 is 0. The molecular weight excluding hydrogens is 298 g/mol. The SMILES string of the molecule is CCCN(CCC)CC(OC(=O)c1ccccc1)c1ccccc1. The Morgan fingerprint density at radius 3 is 2.00 bits per heavy atom. The molecule has 0 radical (unpaired) electrons. The molecule has 3 heteroatoms. The fourth-order valence-electron chi connectivity index (χ4n) is 2.81. The van der Waals surface area contributed by atoms with E-state index in [0.29, 0.717) is 5.56 Å². The maximum atomic E-state index is 12.5. The molecule has 0 saturated heterocycles. The summed E-state index contributed by atoms with van der Waals surface area (Å²) in [7, 11) is 0. The van der Waals surface area contributed by atoms with E-state index in [9.17, 15) is 4.79 Å². The van der Waals surface area contributed by atoms with Crippen molar-refractivity contribution in [1.29, 1.82) is 0 Å². The molecule has 0 aliphatic rings. The highest BCUT2D eigenvalue weighted by atomic mass is 16.5. The van der Waals surface area contributed by atoms with Gasteiger partial charge in [0.1, 0.15) is 6.10 Å². The monoisotopic (exact) mass is 325 g/mol. The zero-order valence-corrected chi connectivity index (χ0v) is 14.7. The van der Waals surface area contributed by atoms with Gasteiger partial charge in [0.25, 0.3) is 0 Å². The number of esters is 1. The highest BCUT2D eigenvalue weighted by Gasteiger charge is 2.20. The van der Waals surface area contributed by atoms with Gasteiger partial charge < -0.3 is 4.74 Å². The van der Waals surface area contributed by atoms with E-state index in [4.69, 9.17) is 4.74 Å². The third-order valence-electron chi connectivity index (χ3n) is 3.93. The minimum atomic E-state index is -0.266. The summed E-state index contributed by atoms with van der Waals surface area (Å²) in [6, 6.07) is 19.2. The summed E-state index contributed by atoms with van der Waals surface area (Å²) in [5.41, 5.74) is 1.63. The molecule has 1 atom stereocenters. The average Bonchev–Trinajstić information content (AvgIpc) is 2.63. The Balaban J connectivity index is 2.15. The molecule has 2 aromatic carbocycles. The molecule has 2 aromatic rings. The van der Waals surface area contributed by atoms with E-state index >= 15 is 0 Å². The summed E-state index contributed by atoms with van der Waals surface area (Å²) < 4.78 is 5.87. The Morgan fingerprint density at radius 2 is 1.46 bits per heavy atom. The molecule has 0 aliphatic carbocycles. The molecule has 0 saturated carbocycles. The molecule has 24 heavy (non-hydrogen) atoms. The van der Waals surface area contributed by atoms with Crippen molar-refractivity contribution in [1.82, 2.24) is 4.90 Å². The van der Waals surface area contributed by atoms with Crippen LogP contribution in [0.2, 0.25) is 0 Å². The first kappa shape index (κ1) is 18.2. The van der Waals surface area contributed by atoms with E-state index in [2.05, 4.69) is 18.7 Å². The molecule has 0 amide bonds. The van der Waals surface area contributed by atoms with Gasteiger partial charge >= 0.3 is 5.97 Å². The van der Waals surface area contributed by atoms with Crippen molar-refractivity contribution in [2.75, 3.05) is 19.6 Å². The van der Waals surface area contributed by atoms with Crippen LogP contribution in [0.25, 0.3) is 0 Å². The number of ether oxygens (including phenoxy) is 1. The Morgan fingerprint density at radius 1 is 0.917 bits per heavy atom. The van der Waals surface area contributed by atoms with Gasteiger partial charge in [-0.25, -0.2) is 4.79 Å².